The van der Waals surface area contributed by atoms with Crippen molar-refractivity contribution in [2.45, 2.75) is 26.0 Å². The Kier molecular flexibility index (Phi) is 4.45. The minimum absolute atomic E-state index is 0.428. The summed E-state index contributed by atoms with van der Waals surface area (Å²) >= 11 is 5.97. The largest absolute Gasteiger partial charge is 0.496 e. The molecule has 0 aliphatic rings. The summed E-state index contributed by atoms with van der Waals surface area (Å²) in [5.74, 6) is 1.48. The molecule has 4 nitrogen and oxygen atoms in total. The molecule has 0 radical (unpaired) electrons. The number of rotatable bonds is 5. The van der Waals surface area contributed by atoms with Crippen LogP contribution in [-0.4, -0.2) is 21.8 Å². The van der Waals surface area contributed by atoms with Crippen molar-refractivity contribution >= 4 is 11.6 Å². The van der Waals surface area contributed by atoms with E-state index in [9.17, 15) is 5.11 Å². The molecule has 1 unspecified atom stereocenters. The van der Waals surface area contributed by atoms with Gasteiger partial charge in [-0.2, -0.15) is 0 Å². The zero-order valence-electron chi connectivity index (χ0n) is 11.0. The van der Waals surface area contributed by atoms with Gasteiger partial charge in [0.15, 0.2) is 0 Å². The van der Waals surface area contributed by atoms with Crippen molar-refractivity contribution in [3.8, 4) is 5.75 Å². The summed E-state index contributed by atoms with van der Waals surface area (Å²) in [6.45, 7) is 2.87. The summed E-state index contributed by atoms with van der Waals surface area (Å²) in [5.41, 5.74) is 0.681. The number of halogens is 1. The second kappa shape index (κ2) is 6.08. The van der Waals surface area contributed by atoms with Crippen molar-refractivity contribution in [3.05, 3.63) is 47.0 Å². The van der Waals surface area contributed by atoms with E-state index in [-0.39, 0.29) is 0 Å². The number of ether oxygens (including phenoxy) is 1. The number of methoxy groups -OCH3 is 1. The molecule has 5 heteroatoms. The Bertz CT molecular complexity index is 554. The van der Waals surface area contributed by atoms with E-state index in [0.717, 1.165) is 12.4 Å². The highest BCUT2D eigenvalue weighted by Gasteiger charge is 2.16. The van der Waals surface area contributed by atoms with Gasteiger partial charge in [0.05, 0.1) is 13.2 Å². The molecule has 102 valence electrons. The maximum Gasteiger partial charge on any atom is 0.124 e. The first-order valence-electron chi connectivity index (χ1n) is 6.17. The van der Waals surface area contributed by atoms with E-state index in [1.807, 2.05) is 17.7 Å². The molecule has 0 aliphatic heterocycles. The Morgan fingerprint density at radius 3 is 2.95 bits per heavy atom. The van der Waals surface area contributed by atoms with Crippen molar-refractivity contribution in [2.24, 2.45) is 0 Å². The number of aliphatic hydroxyl groups excluding tert-OH is 1. The van der Waals surface area contributed by atoms with Crippen LogP contribution < -0.4 is 4.74 Å². The Labute approximate surface area is 117 Å². The van der Waals surface area contributed by atoms with Gasteiger partial charge in [-0.3, -0.25) is 0 Å². The number of aliphatic hydroxyl groups is 1. The molecule has 0 saturated heterocycles. The molecule has 1 N–H and O–H groups in total. The number of aromatic nitrogens is 2. The number of hydrogen-bond donors (Lipinski definition) is 1. The third-order valence-electron chi connectivity index (χ3n) is 3.07. The third-order valence-corrected chi connectivity index (χ3v) is 3.30. The zero-order valence-corrected chi connectivity index (χ0v) is 11.8. The lowest BCUT2D eigenvalue weighted by molar-refractivity contribution is 0.170. The number of imidazole rings is 1. The van der Waals surface area contributed by atoms with Gasteiger partial charge < -0.3 is 14.4 Å². The summed E-state index contributed by atoms with van der Waals surface area (Å²) in [6, 6.07) is 5.22. The predicted molar refractivity (Wildman–Crippen MR) is 74.6 cm³/mol. The molecule has 1 heterocycles. The molecule has 19 heavy (non-hydrogen) atoms. The lowest BCUT2D eigenvalue weighted by Gasteiger charge is -2.15. The summed E-state index contributed by atoms with van der Waals surface area (Å²) in [4.78, 5) is 4.26. The Morgan fingerprint density at radius 1 is 1.47 bits per heavy atom. The SMILES string of the molecule is CCn1ccnc1CC(O)c1cc(Cl)ccc1OC. The van der Waals surface area contributed by atoms with E-state index in [4.69, 9.17) is 16.3 Å². The number of hydrogen-bond acceptors (Lipinski definition) is 3. The fraction of sp³-hybridized carbons (Fsp3) is 0.357. The first-order valence-corrected chi connectivity index (χ1v) is 6.55. The van der Waals surface area contributed by atoms with Crippen molar-refractivity contribution in [1.82, 2.24) is 9.55 Å². The van der Waals surface area contributed by atoms with E-state index in [0.29, 0.717) is 22.8 Å². The fourth-order valence-corrected chi connectivity index (χ4v) is 2.25. The van der Waals surface area contributed by atoms with E-state index < -0.39 is 6.10 Å². The number of nitrogens with zero attached hydrogens (tertiary/aromatic N) is 2. The maximum atomic E-state index is 10.4. The van der Waals surface area contributed by atoms with Gasteiger partial charge in [0.1, 0.15) is 11.6 Å². The quantitative estimate of drug-likeness (QED) is 0.916. The molecule has 2 aromatic rings. The first-order chi connectivity index (χ1) is 9.15. The van der Waals surface area contributed by atoms with Crippen LogP contribution in [0.2, 0.25) is 5.02 Å². The van der Waals surface area contributed by atoms with Crippen LogP contribution >= 0.6 is 11.6 Å². The molecule has 1 atom stereocenters. The molecule has 0 amide bonds. The van der Waals surface area contributed by atoms with E-state index in [2.05, 4.69) is 4.98 Å². The van der Waals surface area contributed by atoms with Crippen molar-refractivity contribution in [2.75, 3.05) is 7.11 Å². The molecular weight excluding hydrogens is 264 g/mol. The standard InChI is InChI=1S/C14H17ClN2O2/c1-3-17-7-6-16-14(17)9-12(18)11-8-10(15)4-5-13(11)19-2/h4-8,12,18H,3,9H2,1-2H3. The highest BCUT2D eigenvalue weighted by molar-refractivity contribution is 6.30. The van der Waals surface area contributed by atoms with Crippen LogP contribution in [0.3, 0.4) is 0 Å². The van der Waals surface area contributed by atoms with Crippen LogP contribution in [0.5, 0.6) is 5.75 Å². The fourth-order valence-electron chi connectivity index (χ4n) is 2.07. The number of benzene rings is 1. The Balaban J connectivity index is 2.24. The average molecular weight is 281 g/mol. The van der Waals surface area contributed by atoms with Crippen LogP contribution in [0.25, 0.3) is 0 Å². The number of aryl methyl sites for hydroxylation is 1. The zero-order chi connectivity index (χ0) is 13.8. The molecular formula is C14H17ClN2O2. The second-order valence-electron chi connectivity index (χ2n) is 4.24. The minimum atomic E-state index is -0.693. The third kappa shape index (κ3) is 3.08. The van der Waals surface area contributed by atoms with Gasteiger partial charge in [-0.05, 0) is 25.1 Å². The van der Waals surface area contributed by atoms with Crippen LogP contribution in [-0.2, 0) is 13.0 Å². The molecule has 1 aromatic heterocycles. The minimum Gasteiger partial charge on any atom is -0.496 e. The molecule has 2 rings (SSSR count). The Hall–Kier alpha value is -1.52. The molecule has 0 bridgehead atoms. The van der Waals surface area contributed by atoms with E-state index in [1.54, 1.807) is 31.5 Å². The topological polar surface area (TPSA) is 47.3 Å². The van der Waals surface area contributed by atoms with Gasteiger partial charge in [-0.15, -0.1) is 0 Å². The van der Waals surface area contributed by atoms with Crippen LogP contribution in [0.4, 0.5) is 0 Å². The molecule has 0 fully saturated rings. The summed E-state index contributed by atoms with van der Waals surface area (Å²) in [7, 11) is 1.58. The highest BCUT2D eigenvalue weighted by Crippen LogP contribution is 2.30. The normalized spacial score (nSPS) is 12.4. The summed E-state index contributed by atoms with van der Waals surface area (Å²) < 4.78 is 7.25. The molecule has 0 saturated carbocycles. The lowest BCUT2D eigenvalue weighted by atomic mass is 10.1. The summed E-state index contributed by atoms with van der Waals surface area (Å²) in [5, 5.41) is 10.9. The Morgan fingerprint density at radius 2 is 2.26 bits per heavy atom. The lowest BCUT2D eigenvalue weighted by Crippen LogP contribution is -2.09. The van der Waals surface area contributed by atoms with Crippen LogP contribution in [0, 0.1) is 0 Å². The van der Waals surface area contributed by atoms with Gasteiger partial charge in [-0.1, -0.05) is 11.6 Å². The molecule has 0 spiro atoms. The van der Waals surface area contributed by atoms with Crippen molar-refractivity contribution in [1.29, 1.82) is 0 Å². The van der Waals surface area contributed by atoms with E-state index in [1.165, 1.54) is 0 Å². The predicted octanol–water partition coefficient (Wildman–Crippen LogP) is 2.84. The van der Waals surface area contributed by atoms with Crippen molar-refractivity contribution < 1.29 is 9.84 Å². The van der Waals surface area contributed by atoms with Crippen LogP contribution in [0.15, 0.2) is 30.6 Å². The monoisotopic (exact) mass is 280 g/mol. The summed E-state index contributed by atoms with van der Waals surface area (Å²) in [6.07, 6.45) is 3.37. The second-order valence-corrected chi connectivity index (χ2v) is 4.67. The van der Waals surface area contributed by atoms with Crippen LogP contribution in [0.1, 0.15) is 24.4 Å². The first kappa shape index (κ1) is 13.9. The maximum absolute atomic E-state index is 10.4. The smallest absolute Gasteiger partial charge is 0.124 e. The highest BCUT2D eigenvalue weighted by atomic mass is 35.5. The molecule has 0 aliphatic carbocycles. The van der Waals surface area contributed by atoms with Gasteiger partial charge in [-0.25, -0.2) is 4.98 Å². The van der Waals surface area contributed by atoms with E-state index >= 15 is 0 Å². The van der Waals surface area contributed by atoms with Gasteiger partial charge in [0.25, 0.3) is 0 Å². The van der Waals surface area contributed by atoms with Gasteiger partial charge in [0.2, 0.25) is 0 Å². The average Bonchev–Trinajstić information content (AvgIpc) is 2.85. The van der Waals surface area contributed by atoms with Crippen molar-refractivity contribution in [3.63, 3.8) is 0 Å². The molecule has 1 aromatic carbocycles. The van der Waals surface area contributed by atoms with Gasteiger partial charge >= 0.3 is 0 Å². The van der Waals surface area contributed by atoms with Gasteiger partial charge in [0, 0.05) is 35.9 Å².